The molecule has 0 saturated heterocycles. The van der Waals surface area contributed by atoms with Gasteiger partial charge in [0.25, 0.3) is 0 Å². The summed E-state index contributed by atoms with van der Waals surface area (Å²) in [6.07, 6.45) is -2.40. The topological polar surface area (TPSA) is 51.1 Å². The summed E-state index contributed by atoms with van der Waals surface area (Å²) in [5.74, 6) is -0.796. The number of esters is 1. The van der Waals surface area contributed by atoms with E-state index in [1.165, 1.54) is 0 Å². The number of hydrogen-bond donors (Lipinski definition) is 0. The molecule has 4 rings (SSSR count). The van der Waals surface area contributed by atoms with E-state index in [0.29, 0.717) is 6.42 Å². The Morgan fingerprint density at radius 3 is 2.38 bits per heavy atom. The summed E-state index contributed by atoms with van der Waals surface area (Å²) in [5.41, 5.74) is 2.54. The Labute approximate surface area is 184 Å². The molecule has 2 aromatic carbocycles. The number of hydrazone groups is 1. The summed E-state index contributed by atoms with van der Waals surface area (Å²) in [5, 5.41) is 6.87. The first-order valence-corrected chi connectivity index (χ1v) is 10.5. The Morgan fingerprint density at radius 2 is 1.81 bits per heavy atom. The van der Waals surface area contributed by atoms with Crippen molar-refractivity contribution >= 4 is 17.4 Å². The lowest BCUT2D eigenvalue weighted by Gasteiger charge is -2.30. The molecule has 8 heteroatoms. The maximum Gasteiger partial charge on any atom is 0.422 e. The number of rotatable bonds is 7. The average molecular weight is 446 g/mol. The minimum Gasteiger partial charge on any atom is -0.497 e. The molecule has 0 radical (unpaired) electrons. The second kappa shape index (κ2) is 8.48. The number of nitrogens with zero attached hydrogens (tertiary/aromatic N) is 2. The highest BCUT2D eigenvalue weighted by molar-refractivity contribution is 6.09. The number of carbonyl (C=O) groups excluding carboxylic acids is 1. The van der Waals surface area contributed by atoms with Gasteiger partial charge in [-0.3, -0.25) is 9.80 Å². The van der Waals surface area contributed by atoms with Crippen LogP contribution in [0.15, 0.2) is 59.7 Å². The van der Waals surface area contributed by atoms with Gasteiger partial charge in [-0.2, -0.15) is 18.3 Å². The molecular weight excluding hydrogens is 421 g/mol. The molecule has 2 atom stereocenters. The van der Waals surface area contributed by atoms with E-state index in [9.17, 15) is 18.0 Å². The van der Waals surface area contributed by atoms with E-state index in [4.69, 9.17) is 9.84 Å². The summed E-state index contributed by atoms with van der Waals surface area (Å²) >= 11 is 0. The molecule has 0 N–H and O–H groups in total. The Kier molecular flexibility index (Phi) is 5.88. The van der Waals surface area contributed by atoms with Crippen molar-refractivity contribution in [2.75, 3.05) is 18.7 Å². The van der Waals surface area contributed by atoms with Crippen LogP contribution in [0.1, 0.15) is 31.7 Å². The van der Waals surface area contributed by atoms with Gasteiger partial charge < -0.3 is 9.47 Å². The third-order valence-corrected chi connectivity index (χ3v) is 6.14. The van der Waals surface area contributed by atoms with Gasteiger partial charge in [0.1, 0.15) is 5.75 Å². The van der Waals surface area contributed by atoms with Gasteiger partial charge in [-0.1, -0.05) is 25.1 Å². The zero-order valence-electron chi connectivity index (χ0n) is 17.9. The van der Waals surface area contributed by atoms with Crippen molar-refractivity contribution in [3.63, 3.8) is 0 Å². The first-order valence-electron chi connectivity index (χ1n) is 10.5. The number of benzene rings is 2. The molecular formula is C24H25F3N2O3. The molecule has 0 amide bonds. The van der Waals surface area contributed by atoms with Crippen LogP contribution in [0.5, 0.6) is 5.75 Å². The third kappa shape index (κ3) is 4.45. The predicted molar refractivity (Wildman–Crippen MR) is 115 cm³/mol. The minimum absolute atomic E-state index is 0.157. The van der Waals surface area contributed by atoms with Gasteiger partial charge in [0, 0.05) is 5.41 Å². The van der Waals surface area contributed by atoms with Crippen LogP contribution >= 0.6 is 0 Å². The molecule has 0 aromatic heterocycles. The molecule has 1 aliphatic carbocycles. The number of anilines is 1. The van der Waals surface area contributed by atoms with E-state index in [-0.39, 0.29) is 11.5 Å². The second-order valence-electron chi connectivity index (χ2n) is 8.39. The van der Waals surface area contributed by atoms with Crippen molar-refractivity contribution in [1.29, 1.82) is 0 Å². The zero-order valence-corrected chi connectivity index (χ0v) is 17.9. The van der Waals surface area contributed by atoms with Crippen LogP contribution in [0, 0.1) is 11.3 Å². The van der Waals surface area contributed by atoms with Crippen LogP contribution in [-0.2, 0) is 9.53 Å². The molecule has 1 saturated carbocycles. The molecule has 1 aliphatic heterocycles. The average Bonchev–Trinajstić information content (AvgIpc) is 3.52. The molecule has 0 bridgehead atoms. The summed E-state index contributed by atoms with van der Waals surface area (Å²) < 4.78 is 47.2. The van der Waals surface area contributed by atoms with Gasteiger partial charge in [0.05, 0.1) is 30.5 Å². The predicted octanol–water partition coefficient (Wildman–Crippen LogP) is 5.20. The van der Waals surface area contributed by atoms with Gasteiger partial charge in [-0.05, 0) is 61.2 Å². The zero-order chi connectivity index (χ0) is 22.9. The van der Waals surface area contributed by atoms with Gasteiger partial charge in [0.15, 0.2) is 6.61 Å². The Bertz CT molecular complexity index is 986. The van der Waals surface area contributed by atoms with E-state index < -0.39 is 24.7 Å². The minimum atomic E-state index is -4.54. The first-order chi connectivity index (χ1) is 15.2. The molecule has 2 aliphatic rings. The number of hydrogen-bond acceptors (Lipinski definition) is 5. The largest absolute Gasteiger partial charge is 0.497 e. The Hall–Kier alpha value is -3.03. The highest BCUT2D eigenvalue weighted by atomic mass is 19.4. The van der Waals surface area contributed by atoms with Gasteiger partial charge >= 0.3 is 12.1 Å². The van der Waals surface area contributed by atoms with Crippen molar-refractivity contribution in [3.05, 3.63) is 60.2 Å². The quantitative estimate of drug-likeness (QED) is 0.549. The molecule has 5 nitrogen and oxygen atoms in total. The smallest absolute Gasteiger partial charge is 0.422 e. The van der Waals surface area contributed by atoms with Crippen LogP contribution in [0.2, 0.25) is 0 Å². The fraction of sp³-hybridized carbons (Fsp3) is 0.417. The van der Waals surface area contributed by atoms with Crippen LogP contribution in [-0.4, -0.2) is 37.6 Å². The lowest BCUT2D eigenvalue weighted by Crippen LogP contribution is -2.38. The van der Waals surface area contributed by atoms with Gasteiger partial charge in [0.2, 0.25) is 0 Å². The summed E-state index contributed by atoms with van der Waals surface area (Å²) in [7, 11) is 1.61. The lowest BCUT2D eigenvalue weighted by atomic mass is 9.83. The lowest BCUT2D eigenvalue weighted by molar-refractivity contribution is -0.189. The maximum atomic E-state index is 12.5. The van der Waals surface area contributed by atoms with E-state index in [1.54, 1.807) is 14.0 Å². The monoisotopic (exact) mass is 446 g/mol. The van der Waals surface area contributed by atoms with Crippen LogP contribution in [0.25, 0.3) is 0 Å². The maximum absolute atomic E-state index is 12.5. The summed E-state index contributed by atoms with van der Waals surface area (Å²) in [4.78, 5) is 12.3. The standard InChI is InChI=1S/C24H25F3N2O3/c1-16(22(30)32-15-24(25,26)27)14-20-23(12-13-23)21(17-8-10-19(31-2)11-9-17)28-29(20)18-6-4-3-5-7-18/h3-11,16,20H,12-15H2,1-2H3. The van der Waals surface area contributed by atoms with Crippen LogP contribution in [0.4, 0.5) is 18.9 Å². The SMILES string of the molecule is COc1ccc(C2=NN(c3ccccc3)C(CC(C)C(=O)OCC(F)(F)F)C23CC3)cc1. The summed E-state index contributed by atoms with van der Waals surface area (Å²) in [6, 6.07) is 17.1. The van der Waals surface area contributed by atoms with Crippen molar-refractivity contribution in [1.82, 2.24) is 0 Å². The van der Waals surface area contributed by atoms with Crippen molar-refractivity contribution in [3.8, 4) is 5.75 Å². The number of methoxy groups -OCH3 is 1. The normalized spacial score (nSPS) is 20.1. The number of ether oxygens (including phenoxy) is 2. The van der Waals surface area contributed by atoms with Crippen molar-refractivity contribution < 1.29 is 27.4 Å². The molecule has 1 fully saturated rings. The van der Waals surface area contributed by atoms with Gasteiger partial charge in [-0.15, -0.1) is 0 Å². The molecule has 170 valence electrons. The summed E-state index contributed by atoms with van der Waals surface area (Å²) in [6.45, 7) is 0.0469. The number of halogens is 3. The number of para-hydroxylation sites is 1. The fourth-order valence-electron chi connectivity index (χ4n) is 4.34. The van der Waals surface area contributed by atoms with Crippen molar-refractivity contribution in [2.45, 2.75) is 38.4 Å². The molecule has 1 heterocycles. The second-order valence-corrected chi connectivity index (χ2v) is 8.39. The van der Waals surface area contributed by atoms with E-state index >= 15 is 0 Å². The highest BCUT2D eigenvalue weighted by Gasteiger charge is 2.60. The van der Waals surface area contributed by atoms with Crippen LogP contribution < -0.4 is 9.75 Å². The molecule has 32 heavy (non-hydrogen) atoms. The number of carbonyl (C=O) groups is 1. The molecule has 2 unspecified atom stereocenters. The van der Waals surface area contributed by atoms with Gasteiger partial charge in [-0.25, -0.2) is 0 Å². The fourth-order valence-corrected chi connectivity index (χ4v) is 4.34. The van der Waals surface area contributed by atoms with E-state index in [1.807, 2.05) is 59.6 Å². The van der Waals surface area contributed by atoms with Crippen molar-refractivity contribution in [2.24, 2.45) is 16.4 Å². The highest BCUT2D eigenvalue weighted by Crippen LogP contribution is 2.58. The van der Waals surface area contributed by atoms with E-state index in [0.717, 1.165) is 35.6 Å². The molecule has 2 aromatic rings. The Balaban J connectivity index is 1.61. The molecule has 1 spiro atoms. The third-order valence-electron chi connectivity index (χ3n) is 6.14. The first kappa shape index (κ1) is 22.2. The Morgan fingerprint density at radius 1 is 1.16 bits per heavy atom. The van der Waals surface area contributed by atoms with Crippen LogP contribution in [0.3, 0.4) is 0 Å². The van der Waals surface area contributed by atoms with E-state index in [2.05, 4.69) is 4.74 Å². The number of alkyl halides is 3.